The second kappa shape index (κ2) is 6.20. The molecule has 0 heterocycles. The monoisotopic (exact) mass is 270 g/mol. The second-order valence-electron chi connectivity index (χ2n) is 4.62. The van der Waals surface area contributed by atoms with Gasteiger partial charge in [0.05, 0.1) is 5.75 Å². The number of hydrogen-bond acceptors (Lipinski definition) is 4. The molecular formula is C13H22N2O2S. The topological polar surface area (TPSA) is 63.4 Å². The summed E-state index contributed by atoms with van der Waals surface area (Å²) >= 11 is 0. The molecule has 0 aliphatic heterocycles. The van der Waals surface area contributed by atoms with Gasteiger partial charge >= 0.3 is 0 Å². The minimum atomic E-state index is -2.94. The first-order chi connectivity index (χ1) is 8.35. The van der Waals surface area contributed by atoms with E-state index < -0.39 is 9.84 Å². The Morgan fingerprint density at radius 2 is 1.94 bits per heavy atom. The van der Waals surface area contributed by atoms with Crippen LogP contribution in [0.2, 0.25) is 0 Å². The highest BCUT2D eigenvalue weighted by molar-refractivity contribution is 7.90. The van der Waals surface area contributed by atoms with Gasteiger partial charge in [0.1, 0.15) is 9.84 Å². The lowest BCUT2D eigenvalue weighted by Gasteiger charge is -2.24. The Labute approximate surface area is 110 Å². The fourth-order valence-corrected chi connectivity index (χ4v) is 2.40. The van der Waals surface area contributed by atoms with Crippen molar-refractivity contribution in [2.24, 2.45) is 5.73 Å². The molecule has 0 saturated heterocycles. The van der Waals surface area contributed by atoms with Gasteiger partial charge < -0.3 is 10.6 Å². The zero-order valence-corrected chi connectivity index (χ0v) is 12.1. The van der Waals surface area contributed by atoms with Gasteiger partial charge in [-0.2, -0.15) is 0 Å². The van der Waals surface area contributed by atoms with Gasteiger partial charge in [0.2, 0.25) is 0 Å². The van der Waals surface area contributed by atoms with Gasteiger partial charge in [0.15, 0.2) is 0 Å². The van der Waals surface area contributed by atoms with Gasteiger partial charge in [-0.1, -0.05) is 25.1 Å². The summed E-state index contributed by atoms with van der Waals surface area (Å²) in [5.74, 6) is 0.152. The van der Waals surface area contributed by atoms with Crippen molar-refractivity contribution in [2.45, 2.75) is 19.4 Å². The van der Waals surface area contributed by atoms with Crippen LogP contribution in [0.5, 0.6) is 0 Å². The van der Waals surface area contributed by atoms with E-state index in [1.54, 1.807) is 0 Å². The first kappa shape index (κ1) is 15.0. The number of nitrogens with zero attached hydrogens (tertiary/aromatic N) is 1. The van der Waals surface area contributed by atoms with E-state index in [0.29, 0.717) is 6.54 Å². The molecule has 18 heavy (non-hydrogen) atoms. The van der Waals surface area contributed by atoms with E-state index in [4.69, 9.17) is 5.73 Å². The van der Waals surface area contributed by atoms with Gasteiger partial charge in [-0.15, -0.1) is 0 Å². The van der Waals surface area contributed by atoms with E-state index in [2.05, 4.69) is 0 Å². The van der Waals surface area contributed by atoms with Crippen molar-refractivity contribution in [3.63, 3.8) is 0 Å². The summed E-state index contributed by atoms with van der Waals surface area (Å²) in [6, 6.07) is 7.87. The molecule has 0 unspecified atom stereocenters. The van der Waals surface area contributed by atoms with Crippen LogP contribution in [-0.4, -0.2) is 34.0 Å². The molecule has 0 aliphatic rings. The van der Waals surface area contributed by atoms with Crippen LogP contribution in [0.25, 0.3) is 0 Å². The number of rotatable bonds is 6. The molecule has 1 aromatic rings. The minimum Gasteiger partial charge on any atom is -0.373 e. The number of anilines is 1. The molecule has 0 spiro atoms. The first-order valence-corrected chi connectivity index (χ1v) is 8.14. The van der Waals surface area contributed by atoms with Crippen LogP contribution in [0.4, 0.5) is 5.69 Å². The van der Waals surface area contributed by atoms with Gasteiger partial charge in [0.25, 0.3) is 0 Å². The zero-order chi connectivity index (χ0) is 13.8. The first-order valence-electron chi connectivity index (χ1n) is 6.08. The molecule has 1 atom stereocenters. The van der Waals surface area contributed by atoms with Crippen LogP contribution in [0.15, 0.2) is 24.3 Å². The van der Waals surface area contributed by atoms with Gasteiger partial charge in [0, 0.05) is 31.6 Å². The molecule has 4 nitrogen and oxygen atoms in total. The summed E-state index contributed by atoms with van der Waals surface area (Å²) in [6.45, 7) is 2.52. The smallest absolute Gasteiger partial charge is 0.149 e. The molecule has 0 saturated carbocycles. The summed E-state index contributed by atoms with van der Waals surface area (Å²) in [4.78, 5) is 1.95. The lowest BCUT2D eigenvalue weighted by molar-refractivity contribution is 0.601. The van der Waals surface area contributed by atoms with Crippen molar-refractivity contribution >= 4 is 15.5 Å². The van der Waals surface area contributed by atoms with Gasteiger partial charge in [-0.05, 0) is 18.1 Å². The fourth-order valence-electron chi connectivity index (χ4n) is 1.79. The van der Waals surface area contributed by atoms with Crippen molar-refractivity contribution in [1.82, 2.24) is 0 Å². The normalized spacial score (nSPS) is 13.3. The Kier molecular flexibility index (Phi) is 5.16. The SMILES string of the molecule is CC[C@@H](N)c1ccccc1N(C)CCS(C)(=O)=O. The number of benzene rings is 1. The van der Waals surface area contributed by atoms with E-state index in [1.807, 2.05) is 43.1 Å². The van der Waals surface area contributed by atoms with Gasteiger partial charge in [-0.25, -0.2) is 8.42 Å². The molecule has 0 bridgehead atoms. The molecule has 0 aromatic heterocycles. The summed E-state index contributed by atoms with van der Waals surface area (Å²) in [7, 11) is -1.04. The molecule has 1 rings (SSSR count). The Morgan fingerprint density at radius 1 is 1.33 bits per heavy atom. The third kappa shape index (κ3) is 4.31. The van der Waals surface area contributed by atoms with Crippen LogP contribution < -0.4 is 10.6 Å². The van der Waals surface area contributed by atoms with Crippen molar-refractivity contribution < 1.29 is 8.42 Å². The average Bonchev–Trinajstić information content (AvgIpc) is 2.34. The summed E-state index contributed by atoms with van der Waals surface area (Å²) in [6.07, 6.45) is 2.11. The van der Waals surface area contributed by atoms with Crippen LogP contribution in [0.3, 0.4) is 0 Å². The molecule has 1 aromatic carbocycles. The Balaban J connectivity index is 2.88. The van der Waals surface area contributed by atoms with Crippen molar-refractivity contribution in [3.8, 4) is 0 Å². The molecule has 5 heteroatoms. The zero-order valence-electron chi connectivity index (χ0n) is 11.3. The van der Waals surface area contributed by atoms with Crippen molar-refractivity contribution in [3.05, 3.63) is 29.8 Å². The van der Waals surface area contributed by atoms with Crippen LogP contribution in [-0.2, 0) is 9.84 Å². The number of para-hydroxylation sites is 1. The van der Waals surface area contributed by atoms with E-state index in [1.165, 1.54) is 6.26 Å². The average molecular weight is 270 g/mol. The molecule has 0 fully saturated rings. The minimum absolute atomic E-state index is 0.0121. The predicted octanol–water partition coefficient (Wildman–Crippen LogP) is 1.58. The van der Waals surface area contributed by atoms with Gasteiger partial charge in [-0.3, -0.25) is 0 Å². The largest absolute Gasteiger partial charge is 0.373 e. The van der Waals surface area contributed by atoms with Crippen molar-refractivity contribution in [2.75, 3.05) is 30.5 Å². The Bertz CT molecular complexity index is 486. The lowest BCUT2D eigenvalue weighted by atomic mass is 10.0. The summed E-state index contributed by atoms with van der Waals surface area (Å²) in [5, 5.41) is 0. The van der Waals surface area contributed by atoms with E-state index >= 15 is 0 Å². The maximum absolute atomic E-state index is 11.2. The summed E-state index contributed by atoms with van der Waals surface area (Å²) in [5.41, 5.74) is 8.15. The van der Waals surface area contributed by atoms with Crippen LogP contribution in [0, 0.1) is 0 Å². The maximum atomic E-state index is 11.2. The summed E-state index contributed by atoms with van der Waals surface area (Å²) < 4.78 is 22.4. The van der Waals surface area contributed by atoms with E-state index in [9.17, 15) is 8.42 Å². The molecule has 2 N–H and O–H groups in total. The highest BCUT2D eigenvalue weighted by Crippen LogP contribution is 2.25. The molecule has 0 aliphatic carbocycles. The van der Waals surface area contributed by atoms with Crippen LogP contribution in [0.1, 0.15) is 24.9 Å². The van der Waals surface area contributed by atoms with E-state index in [0.717, 1.165) is 17.7 Å². The lowest BCUT2D eigenvalue weighted by Crippen LogP contribution is -2.26. The third-order valence-electron chi connectivity index (χ3n) is 2.98. The Morgan fingerprint density at radius 3 is 2.50 bits per heavy atom. The predicted molar refractivity (Wildman–Crippen MR) is 76.6 cm³/mol. The number of sulfone groups is 1. The quantitative estimate of drug-likeness (QED) is 0.852. The maximum Gasteiger partial charge on any atom is 0.149 e. The molecular weight excluding hydrogens is 248 g/mol. The van der Waals surface area contributed by atoms with Crippen LogP contribution >= 0.6 is 0 Å². The molecule has 102 valence electrons. The third-order valence-corrected chi connectivity index (χ3v) is 3.91. The second-order valence-corrected chi connectivity index (χ2v) is 6.88. The molecule has 0 amide bonds. The Hall–Kier alpha value is -1.07. The fraction of sp³-hybridized carbons (Fsp3) is 0.538. The molecule has 0 radical (unpaired) electrons. The number of hydrogen-bond donors (Lipinski definition) is 1. The highest BCUT2D eigenvalue weighted by Gasteiger charge is 2.13. The standard InChI is InChI=1S/C13H22N2O2S/c1-4-12(14)11-7-5-6-8-13(11)15(2)9-10-18(3,16)17/h5-8,12H,4,9-10,14H2,1-3H3/t12-/m1/s1. The highest BCUT2D eigenvalue weighted by atomic mass is 32.2. The van der Waals surface area contributed by atoms with E-state index in [-0.39, 0.29) is 11.8 Å². The van der Waals surface area contributed by atoms with Crippen molar-refractivity contribution in [1.29, 1.82) is 0 Å². The number of nitrogens with two attached hydrogens (primary N) is 1.